The van der Waals surface area contributed by atoms with Gasteiger partial charge in [-0.05, 0) is 43.8 Å². The lowest BCUT2D eigenvalue weighted by Crippen LogP contribution is -2.27. The predicted molar refractivity (Wildman–Crippen MR) is 94.8 cm³/mol. The lowest BCUT2D eigenvalue weighted by atomic mass is 10.1. The van der Waals surface area contributed by atoms with Gasteiger partial charge in [-0.2, -0.15) is 0 Å². The van der Waals surface area contributed by atoms with E-state index in [1.807, 2.05) is 13.0 Å². The van der Waals surface area contributed by atoms with E-state index in [1.165, 1.54) is 0 Å². The van der Waals surface area contributed by atoms with Crippen molar-refractivity contribution in [3.05, 3.63) is 52.3 Å². The van der Waals surface area contributed by atoms with E-state index in [2.05, 4.69) is 22.2 Å². The van der Waals surface area contributed by atoms with Crippen molar-refractivity contribution in [2.24, 2.45) is 0 Å². The van der Waals surface area contributed by atoms with Crippen LogP contribution in [0.4, 0.5) is 5.69 Å². The molecule has 0 unspecified atom stereocenters. The third-order valence-corrected chi connectivity index (χ3v) is 4.28. The number of benzene rings is 1. The Morgan fingerprint density at radius 3 is 3.00 bits per heavy atom. The molecule has 1 aromatic carbocycles. The number of nitrogens with zero attached hydrogens (tertiary/aromatic N) is 2. The highest BCUT2D eigenvalue weighted by Crippen LogP contribution is 2.26. The van der Waals surface area contributed by atoms with Crippen molar-refractivity contribution in [1.82, 2.24) is 9.88 Å². The van der Waals surface area contributed by atoms with Crippen molar-refractivity contribution in [3.8, 4) is 5.75 Å². The van der Waals surface area contributed by atoms with E-state index in [0.717, 1.165) is 30.8 Å². The number of rotatable bonds is 4. The van der Waals surface area contributed by atoms with Gasteiger partial charge in [0.15, 0.2) is 0 Å². The molecule has 126 valence electrons. The summed E-state index contributed by atoms with van der Waals surface area (Å²) in [6, 6.07) is 7.01. The molecule has 2 heterocycles. The molecule has 0 saturated carbocycles. The van der Waals surface area contributed by atoms with Gasteiger partial charge in [0.05, 0.1) is 23.5 Å². The second-order valence-electron chi connectivity index (χ2n) is 5.85. The molecule has 1 aliphatic rings. The topological polar surface area (TPSA) is 54.5 Å². The van der Waals surface area contributed by atoms with E-state index < -0.39 is 0 Å². The van der Waals surface area contributed by atoms with Gasteiger partial charge in [-0.1, -0.05) is 11.6 Å². The van der Waals surface area contributed by atoms with Crippen LogP contribution in [0.3, 0.4) is 0 Å². The van der Waals surface area contributed by atoms with Crippen molar-refractivity contribution in [2.75, 3.05) is 25.5 Å². The maximum atomic E-state index is 12.4. The number of nitrogens with one attached hydrogen (secondary N) is 1. The highest BCUT2D eigenvalue weighted by Gasteiger charge is 2.16. The van der Waals surface area contributed by atoms with E-state index in [-0.39, 0.29) is 5.91 Å². The predicted octanol–water partition coefficient (Wildman–Crippen LogP) is 3.37. The standard InChI is InChI=1S/C18H20ClN3O2/c1-3-24-17-5-4-12(9-15(17)19)18(23)21-14-8-13-11-22(2)7-6-16(13)20-10-14/h4-5,8-10H,3,6-7,11H2,1-2H3,(H,21,23). The highest BCUT2D eigenvalue weighted by molar-refractivity contribution is 6.32. The minimum atomic E-state index is -0.217. The Kier molecular flexibility index (Phi) is 5.02. The van der Waals surface area contributed by atoms with Crippen molar-refractivity contribution in [1.29, 1.82) is 0 Å². The quantitative estimate of drug-likeness (QED) is 0.923. The summed E-state index contributed by atoms with van der Waals surface area (Å²) < 4.78 is 5.38. The zero-order valence-electron chi connectivity index (χ0n) is 13.8. The molecule has 0 fully saturated rings. The first kappa shape index (κ1) is 16.7. The Labute approximate surface area is 146 Å². The molecule has 2 aromatic rings. The van der Waals surface area contributed by atoms with Crippen LogP contribution in [0, 0.1) is 0 Å². The number of carbonyl (C=O) groups is 1. The van der Waals surface area contributed by atoms with Crippen LogP contribution in [0.15, 0.2) is 30.5 Å². The van der Waals surface area contributed by atoms with Gasteiger partial charge in [0.2, 0.25) is 0 Å². The van der Waals surface area contributed by atoms with Crippen molar-refractivity contribution in [2.45, 2.75) is 19.9 Å². The Balaban J connectivity index is 1.75. The maximum Gasteiger partial charge on any atom is 0.255 e. The third kappa shape index (κ3) is 3.68. The van der Waals surface area contributed by atoms with Crippen molar-refractivity contribution >= 4 is 23.2 Å². The van der Waals surface area contributed by atoms with Crippen LogP contribution in [0.25, 0.3) is 0 Å². The summed E-state index contributed by atoms with van der Waals surface area (Å²) >= 11 is 6.14. The van der Waals surface area contributed by atoms with E-state index in [1.54, 1.807) is 24.4 Å². The summed E-state index contributed by atoms with van der Waals surface area (Å²) in [5.74, 6) is 0.361. The molecule has 1 amide bonds. The van der Waals surface area contributed by atoms with Gasteiger partial charge < -0.3 is 15.0 Å². The fraction of sp³-hybridized carbons (Fsp3) is 0.333. The Morgan fingerprint density at radius 1 is 1.42 bits per heavy atom. The number of hydrogen-bond acceptors (Lipinski definition) is 4. The zero-order valence-corrected chi connectivity index (χ0v) is 14.6. The lowest BCUT2D eigenvalue weighted by Gasteiger charge is -2.24. The molecular weight excluding hydrogens is 326 g/mol. The van der Waals surface area contributed by atoms with Crippen LogP contribution in [0.5, 0.6) is 5.75 Å². The first-order valence-electron chi connectivity index (χ1n) is 7.97. The van der Waals surface area contributed by atoms with Gasteiger partial charge in [0.25, 0.3) is 5.91 Å². The number of aromatic nitrogens is 1. The zero-order chi connectivity index (χ0) is 17.1. The summed E-state index contributed by atoms with van der Waals surface area (Å²) in [7, 11) is 2.08. The van der Waals surface area contributed by atoms with E-state index in [9.17, 15) is 4.79 Å². The summed E-state index contributed by atoms with van der Waals surface area (Å²) in [5.41, 5.74) is 3.44. The molecular formula is C18H20ClN3O2. The minimum Gasteiger partial charge on any atom is -0.492 e. The van der Waals surface area contributed by atoms with Crippen LogP contribution in [0.2, 0.25) is 5.02 Å². The van der Waals surface area contributed by atoms with Crippen LogP contribution in [-0.2, 0) is 13.0 Å². The largest absolute Gasteiger partial charge is 0.492 e. The van der Waals surface area contributed by atoms with E-state index in [4.69, 9.17) is 16.3 Å². The SMILES string of the molecule is CCOc1ccc(C(=O)Nc2cnc3c(c2)CN(C)CC3)cc1Cl. The second kappa shape index (κ2) is 7.20. The summed E-state index contributed by atoms with van der Waals surface area (Å²) in [6.07, 6.45) is 2.65. The molecule has 0 aliphatic carbocycles. The van der Waals surface area contributed by atoms with Crippen LogP contribution >= 0.6 is 11.6 Å². The number of fused-ring (bicyclic) bond motifs is 1. The van der Waals surface area contributed by atoms with E-state index >= 15 is 0 Å². The molecule has 1 N–H and O–H groups in total. The average molecular weight is 346 g/mol. The number of hydrogen-bond donors (Lipinski definition) is 1. The molecule has 24 heavy (non-hydrogen) atoms. The molecule has 3 rings (SSSR count). The van der Waals surface area contributed by atoms with Gasteiger partial charge >= 0.3 is 0 Å². The Hall–Kier alpha value is -2.11. The van der Waals surface area contributed by atoms with E-state index in [0.29, 0.717) is 28.6 Å². The van der Waals surface area contributed by atoms with Crippen LogP contribution < -0.4 is 10.1 Å². The van der Waals surface area contributed by atoms with Crippen molar-refractivity contribution < 1.29 is 9.53 Å². The average Bonchev–Trinajstić information content (AvgIpc) is 2.56. The molecule has 0 bridgehead atoms. The highest BCUT2D eigenvalue weighted by atomic mass is 35.5. The van der Waals surface area contributed by atoms with Gasteiger partial charge in [-0.25, -0.2) is 0 Å². The second-order valence-corrected chi connectivity index (χ2v) is 6.26. The molecule has 6 heteroatoms. The molecule has 0 saturated heterocycles. The number of anilines is 1. The first-order chi connectivity index (χ1) is 11.6. The Morgan fingerprint density at radius 2 is 2.25 bits per heavy atom. The first-order valence-corrected chi connectivity index (χ1v) is 8.34. The van der Waals surface area contributed by atoms with Gasteiger partial charge in [-0.15, -0.1) is 0 Å². The molecule has 0 atom stereocenters. The fourth-order valence-electron chi connectivity index (χ4n) is 2.75. The monoisotopic (exact) mass is 345 g/mol. The number of pyridine rings is 1. The Bertz CT molecular complexity index is 764. The number of likely N-dealkylation sites (N-methyl/N-ethyl adjacent to an activating group) is 1. The fourth-order valence-corrected chi connectivity index (χ4v) is 2.99. The van der Waals surface area contributed by atoms with Crippen LogP contribution in [0.1, 0.15) is 28.5 Å². The molecule has 1 aromatic heterocycles. The number of ether oxygens (including phenoxy) is 1. The summed E-state index contributed by atoms with van der Waals surface area (Å²) in [5, 5.41) is 3.31. The molecule has 1 aliphatic heterocycles. The maximum absolute atomic E-state index is 12.4. The minimum absolute atomic E-state index is 0.217. The molecule has 0 spiro atoms. The van der Waals surface area contributed by atoms with Gasteiger partial charge in [0.1, 0.15) is 5.75 Å². The van der Waals surface area contributed by atoms with Gasteiger partial charge in [-0.3, -0.25) is 9.78 Å². The van der Waals surface area contributed by atoms with Gasteiger partial charge in [0, 0.05) is 30.8 Å². The number of halogens is 1. The van der Waals surface area contributed by atoms with Crippen LogP contribution in [-0.4, -0.2) is 36.0 Å². The third-order valence-electron chi connectivity index (χ3n) is 3.98. The number of carbonyl (C=O) groups excluding carboxylic acids is 1. The summed E-state index contributed by atoms with van der Waals surface area (Å²) in [4.78, 5) is 19.1. The smallest absolute Gasteiger partial charge is 0.255 e. The summed E-state index contributed by atoms with van der Waals surface area (Å²) in [6.45, 7) is 4.27. The normalized spacial score (nSPS) is 14.1. The number of amides is 1. The van der Waals surface area contributed by atoms with Crippen molar-refractivity contribution in [3.63, 3.8) is 0 Å². The lowest BCUT2D eigenvalue weighted by molar-refractivity contribution is 0.102. The molecule has 0 radical (unpaired) electrons. The molecule has 5 nitrogen and oxygen atoms in total.